The molecule has 192 valence electrons. The van der Waals surface area contributed by atoms with E-state index in [1.54, 1.807) is 12.0 Å². The highest BCUT2D eigenvalue weighted by molar-refractivity contribution is 5.97. The molecular weight excluding hydrogens is 450 g/mol. The minimum Gasteiger partial charge on any atom is -0.383 e. The molecule has 0 unspecified atom stereocenters. The Morgan fingerprint density at radius 1 is 0.944 bits per heavy atom. The number of unbranched alkanes of at least 4 members (excludes halogenated alkanes) is 1. The molecule has 0 atom stereocenters. The second-order valence-corrected chi connectivity index (χ2v) is 9.32. The molecular formula is C30H39N3O3. The molecule has 6 heteroatoms. The standard InChI is InChI=1S/C30H39N3O3/c1-5-6-16-32(22-27-14-10-17-31(27)21-26-13-9-11-24(2)20-26)29(34)23-33(18-19-36-4)30(35)28-15-8-7-12-25(28)3/h7-15,17,20H,5-6,16,18-19,21-23H2,1-4H3. The zero-order valence-electron chi connectivity index (χ0n) is 22.1. The lowest BCUT2D eigenvalue weighted by atomic mass is 10.1. The van der Waals surface area contributed by atoms with E-state index in [0.717, 1.165) is 30.6 Å². The number of benzene rings is 2. The zero-order valence-corrected chi connectivity index (χ0v) is 22.1. The second kappa shape index (κ2) is 13.6. The van der Waals surface area contributed by atoms with Crippen LogP contribution in [0.15, 0.2) is 66.9 Å². The zero-order chi connectivity index (χ0) is 25.9. The summed E-state index contributed by atoms with van der Waals surface area (Å²) >= 11 is 0. The lowest BCUT2D eigenvalue weighted by Gasteiger charge is -2.28. The number of ether oxygens (including phenoxy) is 1. The van der Waals surface area contributed by atoms with E-state index in [0.29, 0.717) is 31.8 Å². The topological polar surface area (TPSA) is 54.8 Å². The van der Waals surface area contributed by atoms with Gasteiger partial charge in [-0.1, -0.05) is 61.4 Å². The van der Waals surface area contributed by atoms with Gasteiger partial charge in [0.1, 0.15) is 6.54 Å². The predicted octanol–water partition coefficient (Wildman–Crippen LogP) is 5.07. The van der Waals surface area contributed by atoms with Gasteiger partial charge in [0, 0.05) is 44.2 Å². The van der Waals surface area contributed by atoms with Crippen LogP contribution in [0.1, 0.15) is 52.5 Å². The summed E-state index contributed by atoms with van der Waals surface area (Å²) < 4.78 is 7.44. The average Bonchev–Trinajstić information content (AvgIpc) is 3.30. The lowest BCUT2D eigenvalue weighted by Crippen LogP contribution is -2.44. The monoisotopic (exact) mass is 489 g/mol. The number of hydrogen-bond acceptors (Lipinski definition) is 3. The van der Waals surface area contributed by atoms with Crippen LogP contribution >= 0.6 is 0 Å². The van der Waals surface area contributed by atoms with Gasteiger partial charge in [-0.3, -0.25) is 9.59 Å². The highest BCUT2D eigenvalue weighted by Gasteiger charge is 2.23. The molecule has 36 heavy (non-hydrogen) atoms. The van der Waals surface area contributed by atoms with Crippen molar-refractivity contribution in [2.45, 2.75) is 46.7 Å². The van der Waals surface area contributed by atoms with Crippen LogP contribution in [-0.2, 0) is 22.6 Å². The summed E-state index contributed by atoms with van der Waals surface area (Å²) in [5.74, 6) is -0.193. The van der Waals surface area contributed by atoms with E-state index in [9.17, 15) is 9.59 Å². The fourth-order valence-corrected chi connectivity index (χ4v) is 4.29. The quantitative estimate of drug-likeness (QED) is 0.337. The van der Waals surface area contributed by atoms with E-state index < -0.39 is 0 Å². The summed E-state index contributed by atoms with van der Waals surface area (Å²) in [6, 6.07) is 20.1. The predicted molar refractivity (Wildman–Crippen MR) is 144 cm³/mol. The molecule has 2 amide bonds. The SMILES string of the molecule is CCCCN(Cc1cccn1Cc1cccc(C)c1)C(=O)CN(CCOC)C(=O)c1ccccc1C. The second-order valence-electron chi connectivity index (χ2n) is 9.32. The van der Waals surface area contributed by atoms with E-state index in [2.05, 4.69) is 54.9 Å². The molecule has 0 radical (unpaired) electrons. The van der Waals surface area contributed by atoms with Crippen LogP contribution in [0.2, 0.25) is 0 Å². The van der Waals surface area contributed by atoms with E-state index in [1.807, 2.05) is 42.2 Å². The maximum Gasteiger partial charge on any atom is 0.254 e. The third-order valence-electron chi connectivity index (χ3n) is 6.40. The Balaban J connectivity index is 1.77. The lowest BCUT2D eigenvalue weighted by molar-refractivity contribution is -0.132. The third kappa shape index (κ3) is 7.56. The van der Waals surface area contributed by atoms with E-state index >= 15 is 0 Å². The molecule has 0 saturated heterocycles. The van der Waals surface area contributed by atoms with Crippen LogP contribution in [0.3, 0.4) is 0 Å². The largest absolute Gasteiger partial charge is 0.383 e. The first-order chi connectivity index (χ1) is 17.4. The highest BCUT2D eigenvalue weighted by Crippen LogP contribution is 2.15. The van der Waals surface area contributed by atoms with Gasteiger partial charge in [-0.05, 0) is 49.6 Å². The van der Waals surface area contributed by atoms with E-state index in [-0.39, 0.29) is 18.4 Å². The molecule has 0 bridgehead atoms. The molecule has 0 aliphatic carbocycles. The number of carbonyl (C=O) groups excluding carboxylic acids is 2. The Morgan fingerprint density at radius 3 is 2.47 bits per heavy atom. The Labute approximate surface area is 215 Å². The summed E-state index contributed by atoms with van der Waals surface area (Å²) in [6.07, 6.45) is 3.96. The third-order valence-corrected chi connectivity index (χ3v) is 6.40. The van der Waals surface area contributed by atoms with Crippen LogP contribution in [0, 0.1) is 13.8 Å². The molecule has 0 spiro atoms. The van der Waals surface area contributed by atoms with Crippen LogP contribution in [0.4, 0.5) is 0 Å². The van der Waals surface area contributed by atoms with Crippen LogP contribution < -0.4 is 0 Å². The molecule has 0 N–H and O–H groups in total. The molecule has 0 fully saturated rings. The van der Waals surface area contributed by atoms with Gasteiger partial charge < -0.3 is 19.1 Å². The number of nitrogens with zero attached hydrogens (tertiary/aromatic N) is 3. The van der Waals surface area contributed by atoms with Crippen molar-refractivity contribution in [1.82, 2.24) is 14.4 Å². The average molecular weight is 490 g/mol. The fraction of sp³-hybridized carbons (Fsp3) is 0.400. The van der Waals surface area contributed by atoms with Crippen molar-refractivity contribution < 1.29 is 14.3 Å². The smallest absolute Gasteiger partial charge is 0.254 e. The number of hydrogen-bond donors (Lipinski definition) is 0. The first-order valence-electron chi connectivity index (χ1n) is 12.7. The Kier molecular flexibility index (Phi) is 10.3. The van der Waals surface area contributed by atoms with Crippen LogP contribution in [-0.4, -0.2) is 59.5 Å². The van der Waals surface area contributed by atoms with Gasteiger partial charge in [-0.2, -0.15) is 0 Å². The van der Waals surface area contributed by atoms with Gasteiger partial charge in [-0.15, -0.1) is 0 Å². The molecule has 0 aliphatic heterocycles. The molecule has 0 aliphatic rings. The van der Waals surface area contributed by atoms with Gasteiger partial charge in [0.2, 0.25) is 5.91 Å². The van der Waals surface area contributed by atoms with Gasteiger partial charge in [-0.25, -0.2) is 0 Å². The van der Waals surface area contributed by atoms with E-state index in [4.69, 9.17) is 4.74 Å². The summed E-state index contributed by atoms with van der Waals surface area (Å²) in [7, 11) is 1.61. The maximum atomic E-state index is 13.6. The summed E-state index contributed by atoms with van der Waals surface area (Å²) in [6.45, 7) is 8.81. The number of methoxy groups -OCH3 is 1. The van der Waals surface area contributed by atoms with Gasteiger partial charge in [0.05, 0.1) is 13.2 Å². The minimum atomic E-state index is -0.142. The number of aromatic nitrogens is 1. The number of amides is 2. The van der Waals surface area contributed by atoms with Crippen LogP contribution in [0.5, 0.6) is 0 Å². The van der Waals surface area contributed by atoms with Gasteiger partial charge in [0.25, 0.3) is 5.91 Å². The van der Waals surface area contributed by atoms with Gasteiger partial charge in [0.15, 0.2) is 0 Å². The summed E-state index contributed by atoms with van der Waals surface area (Å²) in [5.41, 5.74) is 5.06. The van der Waals surface area contributed by atoms with Crippen molar-refractivity contribution in [2.24, 2.45) is 0 Å². The minimum absolute atomic E-state index is 0.0266. The molecule has 0 saturated carbocycles. The highest BCUT2D eigenvalue weighted by atomic mass is 16.5. The van der Waals surface area contributed by atoms with Crippen molar-refractivity contribution in [2.75, 3.05) is 33.4 Å². The van der Waals surface area contributed by atoms with E-state index in [1.165, 1.54) is 11.1 Å². The van der Waals surface area contributed by atoms with Gasteiger partial charge >= 0.3 is 0 Å². The number of carbonyl (C=O) groups is 2. The summed E-state index contributed by atoms with van der Waals surface area (Å²) in [4.78, 5) is 30.4. The maximum absolute atomic E-state index is 13.6. The van der Waals surface area contributed by atoms with Crippen molar-refractivity contribution in [3.05, 3.63) is 94.8 Å². The van der Waals surface area contributed by atoms with Crippen LogP contribution in [0.25, 0.3) is 0 Å². The van der Waals surface area contributed by atoms with Crippen molar-refractivity contribution >= 4 is 11.8 Å². The Morgan fingerprint density at radius 2 is 1.75 bits per heavy atom. The molecule has 3 aromatic rings. The first-order valence-corrected chi connectivity index (χ1v) is 12.7. The molecule has 6 nitrogen and oxygen atoms in total. The fourth-order valence-electron chi connectivity index (χ4n) is 4.29. The number of rotatable bonds is 13. The summed E-state index contributed by atoms with van der Waals surface area (Å²) in [5, 5.41) is 0. The Hall–Kier alpha value is -3.38. The van der Waals surface area contributed by atoms with Crippen molar-refractivity contribution in [3.63, 3.8) is 0 Å². The molecule has 2 aromatic carbocycles. The number of aryl methyl sites for hydroxylation is 2. The first kappa shape index (κ1) is 27.2. The Bertz CT molecular complexity index is 1140. The van der Waals surface area contributed by atoms with Crippen molar-refractivity contribution in [3.8, 4) is 0 Å². The normalized spacial score (nSPS) is 10.9. The molecule has 1 heterocycles. The van der Waals surface area contributed by atoms with Crippen molar-refractivity contribution in [1.29, 1.82) is 0 Å². The molecule has 1 aromatic heterocycles. The molecule has 3 rings (SSSR count).